The molecule has 5 heteroatoms. The molecule has 2 aromatic carbocycles. The van der Waals surface area contributed by atoms with E-state index in [-0.39, 0.29) is 12.3 Å². The third-order valence-corrected chi connectivity index (χ3v) is 7.34. The van der Waals surface area contributed by atoms with Crippen LogP contribution in [0.3, 0.4) is 0 Å². The van der Waals surface area contributed by atoms with Crippen LogP contribution in [0.1, 0.15) is 67.7 Å². The highest BCUT2D eigenvalue weighted by molar-refractivity contribution is 6.09. The summed E-state index contributed by atoms with van der Waals surface area (Å²) in [6.45, 7) is 9.07. The molecule has 0 radical (unpaired) electrons. The number of aliphatic carboxylic acids is 1. The first-order chi connectivity index (χ1) is 15.3. The average Bonchev–Trinajstić information content (AvgIpc) is 2.77. The van der Waals surface area contributed by atoms with Gasteiger partial charge in [0, 0.05) is 6.54 Å². The Kier molecular flexibility index (Phi) is 6.02. The van der Waals surface area contributed by atoms with Gasteiger partial charge < -0.3 is 15.3 Å². The molecule has 2 aliphatic rings. The first kappa shape index (κ1) is 22.4. The molecule has 1 spiro atoms. The Balaban J connectivity index is 2.01. The molecule has 1 aliphatic heterocycles. The number of carboxylic acid groups (broad SMARTS) is 1. The number of hydrogen-bond donors (Lipinski definition) is 2. The van der Waals surface area contributed by atoms with Crippen LogP contribution in [-0.4, -0.2) is 29.1 Å². The molecule has 1 aliphatic carbocycles. The van der Waals surface area contributed by atoms with Crippen LogP contribution in [-0.2, 0) is 16.0 Å². The first-order valence-electron chi connectivity index (χ1n) is 11.8. The zero-order chi connectivity index (χ0) is 23.0. The van der Waals surface area contributed by atoms with Crippen LogP contribution in [0.15, 0.2) is 24.3 Å². The SMILES string of the molecule is CCCN1c2c(C)c(-c3ccc(C)cc3)c(CC(=O)O)c(C)c2NC(=O)C12CCCCC2. The van der Waals surface area contributed by atoms with E-state index >= 15 is 0 Å². The number of hydrogen-bond acceptors (Lipinski definition) is 3. The predicted octanol–water partition coefficient (Wildman–Crippen LogP) is 5.78. The van der Waals surface area contributed by atoms with Gasteiger partial charge in [0.25, 0.3) is 0 Å². The van der Waals surface area contributed by atoms with Crippen molar-refractivity contribution in [3.8, 4) is 11.1 Å². The molecular weight excluding hydrogens is 400 g/mol. The lowest BCUT2D eigenvalue weighted by Crippen LogP contribution is -2.61. The normalized spacial score (nSPS) is 17.2. The largest absolute Gasteiger partial charge is 0.481 e. The Hall–Kier alpha value is -2.82. The van der Waals surface area contributed by atoms with E-state index < -0.39 is 11.5 Å². The summed E-state index contributed by atoms with van der Waals surface area (Å²) in [7, 11) is 0. The van der Waals surface area contributed by atoms with Gasteiger partial charge in [-0.3, -0.25) is 9.59 Å². The molecule has 32 heavy (non-hydrogen) atoms. The second-order valence-corrected chi connectivity index (χ2v) is 9.46. The number of aryl methyl sites for hydroxylation is 1. The molecule has 1 amide bonds. The minimum absolute atomic E-state index is 0.0715. The number of benzene rings is 2. The summed E-state index contributed by atoms with van der Waals surface area (Å²) >= 11 is 0. The summed E-state index contributed by atoms with van der Waals surface area (Å²) in [6.07, 6.45) is 5.90. The Morgan fingerprint density at radius 2 is 1.72 bits per heavy atom. The van der Waals surface area contributed by atoms with Crippen LogP contribution < -0.4 is 10.2 Å². The molecule has 170 valence electrons. The van der Waals surface area contributed by atoms with Gasteiger partial charge in [0.2, 0.25) is 5.91 Å². The van der Waals surface area contributed by atoms with E-state index in [0.29, 0.717) is 0 Å². The molecule has 0 bridgehead atoms. The van der Waals surface area contributed by atoms with Crippen molar-refractivity contribution in [2.24, 2.45) is 0 Å². The average molecular weight is 435 g/mol. The number of nitrogens with zero attached hydrogens (tertiary/aromatic N) is 1. The van der Waals surface area contributed by atoms with Crippen LogP contribution in [0.25, 0.3) is 11.1 Å². The number of amides is 1. The van der Waals surface area contributed by atoms with Crippen molar-refractivity contribution in [1.82, 2.24) is 0 Å². The first-order valence-corrected chi connectivity index (χ1v) is 11.8. The number of anilines is 2. The van der Waals surface area contributed by atoms with Gasteiger partial charge in [0.1, 0.15) is 5.54 Å². The molecule has 4 rings (SSSR count). The summed E-state index contributed by atoms with van der Waals surface area (Å²) in [5, 5.41) is 12.9. The summed E-state index contributed by atoms with van der Waals surface area (Å²) in [5.41, 5.74) is 7.27. The van der Waals surface area contributed by atoms with E-state index in [1.807, 2.05) is 6.92 Å². The van der Waals surface area contributed by atoms with Crippen molar-refractivity contribution < 1.29 is 14.7 Å². The number of rotatable bonds is 5. The van der Waals surface area contributed by atoms with Crippen molar-refractivity contribution in [1.29, 1.82) is 0 Å². The number of carboxylic acids is 1. The lowest BCUT2D eigenvalue weighted by molar-refractivity contribution is -0.136. The van der Waals surface area contributed by atoms with Crippen molar-refractivity contribution in [2.45, 2.75) is 78.2 Å². The third-order valence-electron chi connectivity index (χ3n) is 7.34. The topological polar surface area (TPSA) is 69.6 Å². The minimum Gasteiger partial charge on any atom is -0.481 e. The van der Waals surface area contributed by atoms with E-state index in [1.165, 1.54) is 12.0 Å². The molecule has 2 N–H and O–H groups in total. The van der Waals surface area contributed by atoms with Crippen LogP contribution in [0, 0.1) is 20.8 Å². The maximum atomic E-state index is 13.5. The Morgan fingerprint density at radius 3 is 2.31 bits per heavy atom. The van der Waals surface area contributed by atoms with Crippen molar-refractivity contribution in [3.63, 3.8) is 0 Å². The molecule has 0 saturated heterocycles. The molecular formula is C27H34N2O3. The quantitative estimate of drug-likeness (QED) is 0.626. The Morgan fingerprint density at radius 1 is 1.06 bits per heavy atom. The minimum atomic E-state index is -0.864. The number of fused-ring (bicyclic) bond motifs is 1. The second-order valence-electron chi connectivity index (χ2n) is 9.46. The molecule has 0 atom stereocenters. The van der Waals surface area contributed by atoms with Crippen molar-refractivity contribution in [2.75, 3.05) is 16.8 Å². The number of carbonyl (C=O) groups is 2. The van der Waals surface area contributed by atoms with E-state index in [0.717, 1.165) is 77.8 Å². The molecule has 1 heterocycles. The van der Waals surface area contributed by atoms with Gasteiger partial charge in [-0.15, -0.1) is 0 Å². The van der Waals surface area contributed by atoms with Crippen molar-refractivity contribution >= 4 is 23.3 Å². The molecule has 0 aromatic heterocycles. The van der Waals surface area contributed by atoms with Gasteiger partial charge in [0.15, 0.2) is 0 Å². The van der Waals surface area contributed by atoms with Crippen LogP contribution in [0.4, 0.5) is 11.4 Å². The van der Waals surface area contributed by atoms with E-state index in [9.17, 15) is 14.7 Å². The summed E-state index contributed by atoms with van der Waals surface area (Å²) < 4.78 is 0. The Labute approximate surface area is 190 Å². The second kappa shape index (κ2) is 8.61. The fourth-order valence-corrected chi connectivity index (χ4v) is 5.77. The lowest BCUT2D eigenvalue weighted by atomic mass is 9.76. The molecule has 5 nitrogen and oxygen atoms in total. The van der Waals surface area contributed by atoms with Crippen LogP contribution in [0.5, 0.6) is 0 Å². The highest BCUT2D eigenvalue weighted by Gasteiger charge is 2.49. The van der Waals surface area contributed by atoms with Gasteiger partial charge in [-0.25, -0.2) is 0 Å². The van der Waals surface area contributed by atoms with Gasteiger partial charge in [-0.2, -0.15) is 0 Å². The third kappa shape index (κ3) is 3.58. The maximum Gasteiger partial charge on any atom is 0.307 e. The summed E-state index contributed by atoms with van der Waals surface area (Å²) in [4.78, 5) is 27.7. The molecule has 0 unspecified atom stereocenters. The smallest absolute Gasteiger partial charge is 0.307 e. The van der Waals surface area contributed by atoms with E-state index in [2.05, 4.69) is 55.3 Å². The zero-order valence-corrected chi connectivity index (χ0v) is 19.7. The van der Waals surface area contributed by atoms with Gasteiger partial charge in [0.05, 0.1) is 17.8 Å². The van der Waals surface area contributed by atoms with Crippen LogP contribution in [0.2, 0.25) is 0 Å². The van der Waals surface area contributed by atoms with Gasteiger partial charge >= 0.3 is 5.97 Å². The molecule has 2 aromatic rings. The zero-order valence-electron chi connectivity index (χ0n) is 19.7. The summed E-state index contributed by atoms with van der Waals surface area (Å²) in [5.74, 6) is -0.790. The number of nitrogens with one attached hydrogen (secondary N) is 1. The Bertz CT molecular complexity index is 1050. The fourth-order valence-electron chi connectivity index (χ4n) is 5.77. The monoisotopic (exact) mass is 434 g/mol. The standard InChI is InChI=1S/C27H34N2O3/c1-5-15-29-25-19(4)23(20-11-9-17(2)10-12-20)21(16-22(30)31)18(3)24(25)28-26(32)27(29)13-7-6-8-14-27/h9-12H,5-8,13-16H2,1-4H3,(H,28,32)(H,30,31). The van der Waals surface area contributed by atoms with Crippen molar-refractivity contribution in [3.05, 3.63) is 46.5 Å². The maximum absolute atomic E-state index is 13.5. The van der Waals surface area contributed by atoms with Gasteiger partial charge in [-0.05, 0) is 67.9 Å². The van der Waals surface area contributed by atoms with Gasteiger partial charge in [-0.1, -0.05) is 56.0 Å². The number of carbonyl (C=O) groups excluding carboxylic acids is 1. The summed E-state index contributed by atoms with van der Waals surface area (Å²) in [6, 6.07) is 8.30. The highest BCUT2D eigenvalue weighted by atomic mass is 16.4. The highest BCUT2D eigenvalue weighted by Crippen LogP contribution is 2.50. The predicted molar refractivity (Wildman–Crippen MR) is 130 cm³/mol. The fraction of sp³-hybridized carbons (Fsp3) is 0.481. The lowest BCUT2D eigenvalue weighted by Gasteiger charge is -2.51. The van der Waals surface area contributed by atoms with Crippen LogP contribution >= 0.6 is 0 Å². The van der Waals surface area contributed by atoms with E-state index in [1.54, 1.807) is 0 Å². The molecule has 1 saturated carbocycles. The van der Waals surface area contributed by atoms with E-state index in [4.69, 9.17) is 0 Å². The molecule has 1 fully saturated rings.